The van der Waals surface area contributed by atoms with Crippen LogP contribution in [-0.4, -0.2) is 25.8 Å². The number of nitro groups is 1. The minimum absolute atomic E-state index is 0.418. The SMILES string of the molecule is O=[N+]([O-])c1ccc(F)c(F)c1-n1cc(CCCCl)nn1. The number of aryl methyl sites for hydroxylation is 1. The van der Waals surface area contributed by atoms with Crippen molar-refractivity contribution in [2.75, 3.05) is 5.88 Å². The van der Waals surface area contributed by atoms with Gasteiger partial charge in [0.15, 0.2) is 17.3 Å². The quantitative estimate of drug-likeness (QED) is 0.483. The number of halogens is 3. The number of benzene rings is 1. The lowest BCUT2D eigenvalue weighted by atomic mass is 10.2. The molecule has 0 saturated carbocycles. The monoisotopic (exact) mass is 302 g/mol. The topological polar surface area (TPSA) is 73.8 Å². The largest absolute Gasteiger partial charge is 0.298 e. The van der Waals surface area contributed by atoms with Crippen molar-refractivity contribution in [3.63, 3.8) is 0 Å². The van der Waals surface area contributed by atoms with E-state index in [1.807, 2.05) is 0 Å². The molecule has 0 bridgehead atoms. The zero-order chi connectivity index (χ0) is 14.7. The van der Waals surface area contributed by atoms with Crippen molar-refractivity contribution < 1.29 is 13.7 Å². The average Bonchev–Trinajstić information content (AvgIpc) is 2.87. The first-order valence-corrected chi connectivity index (χ1v) is 6.18. The number of rotatable bonds is 5. The van der Waals surface area contributed by atoms with Gasteiger partial charge in [0.25, 0.3) is 5.69 Å². The van der Waals surface area contributed by atoms with Crippen molar-refractivity contribution >= 4 is 17.3 Å². The van der Waals surface area contributed by atoms with Crippen LogP contribution in [-0.2, 0) is 6.42 Å². The van der Waals surface area contributed by atoms with Crippen LogP contribution in [0.25, 0.3) is 5.69 Å². The Morgan fingerprint density at radius 2 is 2.15 bits per heavy atom. The van der Waals surface area contributed by atoms with Crippen LogP contribution in [0.2, 0.25) is 0 Å². The molecule has 0 amide bonds. The van der Waals surface area contributed by atoms with Gasteiger partial charge in [-0.3, -0.25) is 10.1 Å². The molecule has 0 aliphatic rings. The van der Waals surface area contributed by atoms with Crippen LogP contribution in [0, 0.1) is 21.7 Å². The standard InChI is InChI=1S/C11H9ClF2N4O2/c12-5-1-2-7-6-17(16-15-7)11-9(18(19)20)4-3-8(13)10(11)14/h3-4,6H,1-2,5H2. The Morgan fingerprint density at radius 1 is 1.40 bits per heavy atom. The highest BCUT2D eigenvalue weighted by molar-refractivity contribution is 6.17. The van der Waals surface area contributed by atoms with Gasteiger partial charge in [-0.05, 0) is 18.9 Å². The van der Waals surface area contributed by atoms with Crippen molar-refractivity contribution in [1.82, 2.24) is 15.0 Å². The molecule has 20 heavy (non-hydrogen) atoms. The molecule has 1 aromatic heterocycles. The van der Waals surface area contributed by atoms with E-state index in [2.05, 4.69) is 10.3 Å². The highest BCUT2D eigenvalue weighted by Gasteiger charge is 2.24. The summed E-state index contributed by atoms with van der Waals surface area (Å²) in [5.41, 5.74) is -0.666. The zero-order valence-corrected chi connectivity index (χ0v) is 10.8. The number of alkyl halides is 1. The smallest absolute Gasteiger partial charge is 0.258 e. The van der Waals surface area contributed by atoms with Crippen LogP contribution in [0.5, 0.6) is 0 Å². The molecule has 0 saturated heterocycles. The summed E-state index contributed by atoms with van der Waals surface area (Å²) in [7, 11) is 0. The van der Waals surface area contributed by atoms with Gasteiger partial charge in [0, 0.05) is 11.9 Å². The van der Waals surface area contributed by atoms with Gasteiger partial charge < -0.3 is 0 Å². The molecule has 6 nitrogen and oxygen atoms in total. The molecule has 2 aromatic rings. The maximum absolute atomic E-state index is 13.8. The molecule has 0 aliphatic heterocycles. The van der Waals surface area contributed by atoms with Crippen LogP contribution in [0.15, 0.2) is 18.3 Å². The van der Waals surface area contributed by atoms with Gasteiger partial charge in [-0.1, -0.05) is 5.21 Å². The molecule has 0 spiro atoms. The second-order valence-corrected chi connectivity index (χ2v) is 4.31. The Kier molecular flexibility index (Phi) is 4.23. The van der Waals surface area contributed by atoms with Gasteiger partial charge in [-0.2, -0.15) is 0 Å². The van der Waals surface area contributed by atoms with E-state index in [9.17, 15) is 18.9 Å². The predicted octanol–water partition coefficient (Wildman–Crippen LogP) is 2.63. The molecule has 1 heterocycles. The fraction of sp³-hybridized carbons (Fsp3) is 0.273. The summed E-state index contributed by atoms with van der Waals surface area (Å²) >= 11 is 5.53. The third kappa shape index (κ3) is 2.74. The van der Waals surface area contributed by atoms with E-state index in [1.54, 1.807) is 0 Å². The Morgan fingerprint density at radius 3 is 2.80 bits per heavy atom. The predicted molar refractivity (Wildman–Crippen MR) is 67.0 cm³/mol. The number of aromatic nitrogens is 3. The molecule has 0 aliphatic carbocycles. The fourth-order valence-electron chi connectivity index (χ4n) is 1.67. The van der Waals surface area contributed by atoms with Crippen molar-refractivity contribution in [3.05, 3.63) is 45.8 Å². The molecule has 1 aromatic carbocycles. The number of hydrogen-bond acceptors (Lipinski definition) is 4. The summed E-state index contributed by atoms with van der Waals surface area (Å²) in [4.78, 5) is 10.1. The van der Waals surface area contributed by atoms with Gasteiger partial charge in [-0.25, -0.2) is 13.5 Å². The summed E-state index contributed by atoms with van der Waals surface area (Å²) in [5, 5.41) is 18.2. The second-order valence-electron chi connectivity index (χ2n) is 3.93. The van der Waals surface area contributed by atoms with Crippen LogP contribution < -0.4 is 0 Å². The maximum Gasteiger partial charge on any atom is 0.298 e. The summed E-state index contributed by atoms with van der Waals surface area (Å²) in [6.45, 7) is 0. The van der Waals surface area contributed by atoms with Crippen molar-refractivity contribution in [2.45, 2.75) is 12.8 Å². The maximum atomic E-state index is 13.8. The van der Waals surface area contributed by atoms with Crippen LogP contribution in [0.3, 0.4) is 0 Å². The summed E-state index contributed by atoms with van der Waals surface area (Å²) in [5.74, 6) is -2.11. The van der Waals surface area contributed by atoms with Crippen molar-refractivity contribution in [3.8, 4) is 5.69 Å². The van der Waals surface area contributed by atoms with E-state index in [0.717, 1.165) is 10.7 Å². The van der Waals surface area contributed by atoms with Gasteiger partial charge in [0.2, 0.25) is 0 Å². The molecule has 0 radical (unpaired) electrons. The normalized spacial score (nSPS) is 10.8. The summed E-state index contributed by atoms with van der Waals surface area (Å²) in [6, 6.07) is 1.58. The van der Waals surface area contributed by atoms with Gasteiger partial charge in [0.1, 0.15) is 0 Å². The first kappa shape index (κ1) is 14.3. The molecular weight excluding hydrogens is 294 g/mol. The van der Waals surface area contributed by atoms with E-state index >= 15 is 0 Å². The Hall–Kier alpha value is -2.09. The van der Waals surface area contributed by atoms with Gasteiger partial charge >= 0.3 is 0 Å². The Labute approximate surface area is 117 Å². The number of nitro benzene ring substituents is 1. The third-order valence-corrected chi connectivity index (χ3v) is 2.85. The Bertz CT molecular complexity index is 647. The third-order valence-electron chi connectivity index (χ3n) is 2.58. The van der Waals surface area contributed by atoms with E-state index in [0.29, 0.717) is 30.5 Å². The van der Waals surface area contributed by atoms with E-state index < -0.39 is 27.9 Å². The molecule has 106 valence electrons. The zero-order valence-electron chi connectivity index (χ0n) is 10.1. The molecule has 0 atom stereocenters. The lowest BCUT2D eigenvalue weighted by Gasteiger charge is -2.04. The molecule has 0 fully saturated rings. The molecule has 0 N–H and O–H groups in total. The minimum Gasteiger partial charge on any atom is -0.258 e. The fourth-order valence-corrected chi connectivity index (χ4v) is 1.80. The van der Waals surface area contributed by atoms with Crippen LogP contribution in [0.4, 0.5) is 14.5 Å². The lowest BCUT2D eigenvalue weighted by Crippen LogP contribution is -2.05. The molecular formula is C11H9ClF2N4O2. The van der Waals surface area contributed by atoms with Gasteiger partial charge in [0.05, 0.1) is 16.8 Å². The highest BCUT2D eigenvalue weighted by Crippen LogP contribution is 2.27. The second kappa shape index (κ2) is 5.91. The number of nitrogens with zero attached hydrogens (tertiary/aromatic N) is 4. The molecule has 0 unspecified atom stereocenters. The first-order chi connectivity index (χ1) is 9.54. The molecule has 2 rings (SSSR count). The average molecular weight is 303 g/mol. The van der Waals surface area contributed by atoms with E-state index in [4.69, 9.17) is 11.6 Å². The Balaban J connectivity index is 2.48. The summed E-state index contributed by atoms with van der Waals surface area (Å²) in [6.07, 6.45) is 2.44. The highest BCUT2D eigenvalue weighted by atomic mass is 35.5. The van der Waals surface area contributed by atoms with Crippen LogP contribution in [0.1, 0.15) is 12.1 Å². The summed E-state index contributed by atoms with van der Waals surface area (Å²) < 4.78 is 27.9. The first-order valence-electron chi connectivity index (χ1n) is 5.64. The van der Waals surface area contributed by atoms with Gasteiger partial charge in [-0.15, -0.1) is 16.7 Å². The van der Waals surface area contributed by atoms with Crippen molar-refractivity contribution in [1.29, 1.82) is 0 Å². The van der Waals surface area contributed by atoms with Crippen molar-refractivity contribution in [2.24, 2.45) is 0 Å². The lowest BCUT2D eigenvalue weighted by molar-refractivity contribution is -0.384. The number of hydrogen-bond donors (Lipinski definition) is 0. The van der Waals surface area contributed by atoms with Crippen LogP contribution >= 0.6 is 11.6 Å². The van der Waals surface area contributed by atoms with E-state index in [-0.39, 0.29) is 0 Å². The minimum atomic E-state index is -1.34. The van der Waals surface area contributed by atoms with E-state index in [1.165, 1.54) is 6.20 Å². The molecule has 9 heteroatoms.